The van der Waals surface area contributed by atoms with Crippen LogP contribution >= 0.6 is 11.8 Å². The van der Waals surface area contributed by atoms with Gasteiger partial charge in [-0.05, 0) is 17.9 Å². The highest BCUT2D eigenvalue weighted by Crippen LogP contribution is 2.32. The van der Waals surface area contributed by atoms with Gasteiger partial charge in [-0.1, -0.05) is 6.92 Å². The predicted octanol–water partition coefficient (Wildman–Crippen LogP) is 2.79. The maximum absolute atomic E-state index is 12.3. The van der Waals surface area contributed by atoms with Gasteiger partial charge in [-0.2, -0.15) is 13.2 Å². The van der Waals surface area contributed by atoms with Crippen LogP contribution in [0.15, 0.2) is 17.2 Å². The molecule has 0 spiro atoms. The molecule has 0 bridgehead atoms. The third-order valence-electron chi connectivity index (χ3n) is 1.44. The van der Waals surface area contributed by atoms with Crippen LogP contribution in [-0.4, -0.2) is 10.7 Å². The van der Waals surface area contributed by atoms with Crippen LogP contribution in [0.5, 0.6) is 0 Å². The monoisotopic (exact) mass is 222 g/mol. The van der Waals surface area contributed by atoms with Crippen LogP contribution in [0.25, 0.3) is 0 Å². The topological polar surface area (TPSA) is 38.9 Å². The van der Waals surface area contributed by atoms with Crippen molar-refractivity contribution in [2.75, 3.05) is 11.5 Å². The summed E-state index contributed by atoms with van der Waals surface area (Å²) in [6.45, 7) is 1.84. The van der Waals surface area contributed by atoms with E-state index in [9.17, 15) is 13.2 Å². The van der Waals surface area contributed by atoms with E-state index in [1.807, 2.05) is 6.92 Å². The van der Waals surface area contributed by atoms with Gasteiger partial charge in [0, 0.05) is 0 Å². The van der Waals surface area contributed by atoms with Crippen molar-refractivity contribution in [3.05, 3.63) is 17.7 Å². The van der Waals surface area contributed by atoms with Crippen LogP contribution in [0.2, 0.25) is 0 Å². The summed E-state index contributed by atoms with van der Waals surface area (Å²) < 4.78 is 36.9. The summed E-state index contributed by atoms with van der Waals surface area (Å²) in [5.74, 6) is 0.559. The molecule has 0 fully saturated rings. The molecular formula is C8H9F3N2S. The Bertz CT molecular complexity index is 325. The lowest BCUT2D eigenvalue weighted by Gasteiger charge is -2.08. The van der Waals surface area contributed by atoms with E-state index in [-0.39, 0.29) is 5.82 Å². The first kappa shape index (κ1) is 11.2. The fraction of sp³-hybridized carbons (Fsp3) is 0.375. The minimum absolute atomic E-state index is 0.101. The number of pyridine rings is 1. The van der Waals surface area contributed by atoms with E-state index in [1.165, 1.54) is 11.8 Å². The molecule has 0 saturated heterocycles. The van der Waals surface area contributed by atoms with Crippen LogP contribution in [0.3, 0.4) is 0 Å². The van der Waals surface area contributed by atoms with Crippen LogP contribution in [0.4, 0.5) is 19.0 Å². The molecule has 0 atom stereocenters. The molecule has 2 nitrogen and oxygen atoms in total. The Labute approximate surface area is 83.7 Å². The number of aromatic nitrogens is 1. The van der Waals surface area contributed by atoms with Crippen molar-refractivity contribution < 1.29 is 13.2 Å². The van der Waals surface area contributed by atoms with Crippen LogP contribution < -0.4 is 5.73 Å². The zero-order valence-corrected chi connectivity index (χ0v) is 8.25. The molecule has 0 aliphatic rings. The number of rotatable bonds is 2. The number of nitrogens with two attached hydrogens (primary N) is 1. The SMILES string of the molecule is CCSc1cc(C(F)(F)F)cc(N)n1. The molecule has 0 radical (unpaired) electrons. The standard InChI is InChI=1S/C8H9F3N2S/c1-2-14-7-4-5(8(9,10)11)3-6(12)13-7/h3-4H,2H2,1H3,(H2,12,13). The van der Waals surface area contributed by atoms with Crippen LogP contribution in [-0.2, 0) is 6.18 Å². The van der Waals surface area contributed by atoms with Gasteiger partial charge in [0.2, 0.25) is 0 Å². The number of halogens is 3. The van der Waals surface area contributed by atoms with Gasteiger partial charge in [0.25, 0.3) is 0 Å². The highest BCUT2D eigenvalue weighted by Gasteiger charge is 2.31. The lowest BCUT2D eigenvalue weighted by molar-refractivity contribution is -0.137. The first-order chi connectivity index (χ1) is 6.43. The fourth-order valence-electron chi connectivity index (χ4n) is 0.911. The molecule has 0 amide bonds. The second-order valence-corrected chi connectivity index (χ2v) is 3.83. The Kier molecular flexibility index (Phi) is 3.25. The first-order valence-corrected chi connectivity index (χ1v) is 4.89. The molecule has 0 aliphatic carbocycles. The molecule has 0 aliphatic heterocycles. The summed E-state index contributed by atoms with van der Waals surface area (Å²) in [4.78, 5) is 3.78. The van der Waals surface area contributed by atoms with E-state index in [1.54, 1.807) is 0 Å². The molecule has 0 unspecified atom stereocenters. The number of anilines is 1. The van der Waals surface area contributed by atoms with E-state index in [0.29, 0.717) is 10.8 Å². The van der Waals surface area contributed by atoms with Crippen molar-refractivity contribution in [3.8, 4) is 0 Å². The summed E-state index contributed by atoms with van der Waals surface area (Å²) in [6.07, 6.45) is -4.36. The van der Waals surface area contributed by atoms with E-state index >= 15 is 0 Å². The minimum atomic E-state index is -4.36. The van der Waals surface area contributed by atoms with Gasteiger partial charge in [-0.15, -0.1) is 11.8 Å². The Morgan fingerprint density at radius 2 is 2.07 bits per heavy atom. The van der Waals surface area contributed by atoms with Crippen molar-refractivity contribution in [2.45, 2.75) is 18.1 Å². The van der Waals surface area contributed by atoms with Crippen molar-refractivity contribution in [1.82, 2.24) is 4.98 Å². The summed E-state index contributed by atoms with van der Waals surface area (Å²) in [7, 11) is 0. The van der Waals surface area contributed by atoms with E-state index in [0.717, 1.165) is 12.1 Å². The average Bonchev–Trinajstić information content (AvgIpc) is 2.02. The summed E-state index contributed by atoms with van der Waals surface area (Å²) >= 11 is 1.23. The lowest BCUT2D eigenvalue weighted by atomic mass is 10.2. The quantitative estimate of drug-likeness (QED) is 0.782. The number of nitrogen functional groups attached to an aromatic ring is 1. The Hall–Kier alpha value is -0.910. The Morgan fingerprint density at radius 1 is 1.43 bits per heavy atom. The normalized spacial score (nSPS) is 11.7. The van der Waals surface area contributed by atoms with Crippen molar-refractivity contribution in [1.29, 1.82) is 0 Å². The van der Waals surface area contributed by atoms with Gasteiger partial charge in [-0.25, -0.2) is 4.98 Å². The van der Waals surface area contributed by atoms with Crippen LogP contribution in [0.1, 0.15) is 12.5 Å². The minimum Gasteiger partial charge on any atom is -0.384 e. The molecule has 1 aromatic heterocycles. The molecule has 14 heavy (non-hydrogen) atoms. The molecule has 1 rings (SSSR count). The second-order valence-electron chi connectivity index (χ2n) is 2.55. The molecule has 0 aromatic carbocycles. The Balaban J connectivity index is 3.07. The number of alkyl halides is 3. The number of hydrogen-bond acceptors (Lipinski definition) is 3. The summed E-state index contributed by atoms with van der Waals surface area (Å²) in [6, 6.07) is 1.84. The third-order valence-corrected chi connectivity index (χ3v) is 2.23. The average molecular weight is 222 g/mol. The zero-order valence-electron chi connectivity index (χ0n) is 7.43. The van der Waals surface area contributed by atoms with E-state index < -0.39 is 11.7 Å². The van der Waals surface area contributed by atoms with Gasteiger partial charge in [0.05, 0.1) is 10.6 Å². The molecular weight excluding hydrogens is 213 g/mol. The summed E-state index contributed by atoms with van der Waals surface area (Å²) in [5, 5.41) is 0.305. The molecule has 1 heterocycles. The van der Waals surface area contributed by atoms with Gasteiger partial charge < -0.3 is 5.73 Å². The Morgan fingerprint density at radius 3 is 2.57 bits per heavy atom. The second kappa shape index (κ2) is 4.08. The zero-order chi connectivity index (χ0) is 10.8. The highest BCUT2D eigenvalue weighted by atomic mass is 32.2. The van der Waals surface area contributed by atoms with Gasteiger partial charge in [0.1, 0.15) is 5.82 Å². The fourth-order valence-corrected chi connectivity index (χ4v) is 1.59. The molecule has 1 aromatic rings. The first-order valence-electron chi connectivity index (χ1n) is 3.91. The van der Waals surface area contributed by atoms with Crippen molar-refractivity contribution in [3.63, 3.8) is 0 Å². The lowest BCUT2D eigenvalue weighted by Crippen LogP contribution is -2.07. The van der Waals surface area contributed by atoms with E-state index in [2.05, 4.69) is 4.98 Å². The molecule has 2 N–H and O–H groups in total. The largest absolute Gasteiger partial charge is 0.416 e. The van der Waals surface area contributed by atoms with Gasteiger partial charge >= 0.3 is 6.18 Å². The molecule has 0 saturated carbocycles. The van der Waals surface area contributed by atoms with Gasteiger partial charge in [-0.3, -0.25) is 0 Å². The summed E-state index contributed by atoms with van der Waals surface area (Å²) in [5.41, 5.74) is 4.51. The maximum Gasteiger partial charge on any atom is 0.416 e. The molecule has 6 heteroatoms. The van der Waals surface area contributed by atoms with Gasteiger partial charge in [0.15, 0.2) is 0 Å². The van der Waals surface area contributed by atoms with Crippen molar-refractivity contribution >= 4 is 17.6 Å². The number of thioether (sulfide) groups is 1. The smallest absolute Gasteiger partial charge is 0.384 e. The molecule has 78 valence electrons. The number of hydrogen-bond donors (Lipinski definition) is 1. The van der Waals surface area contributed by atoms with Crippen molar-refractivity contribution in [2.24, 2.45) is 0 Å². The third kappa shape index (κ3) is 2.80. The maximum atomic E-state index is 12.3. The van der Waals surface area contributed by atoms with E-state index in [4.69, 9.17) is 5.73 Å². The van der Waals surface area contributed by atoms with Crippen LogP contribution in [0, 0.1) is 0 Å². The number of nitrogens with zero attached hydrogens (tertiary/aromatic N) is 1. The highest BCUT2D eigenvalue weighted by molar-refractivity contribution is 7.99. The predicted molar refractivity (Wildman–Crippen MR) is 50.0 cm³/mol.